The Labute approximate surface area is 299 Å². The Kier molecular flexibility index (Phi) is 7.17. The number of fused-ring (bicyclic) bond motifs is 7. The number of pyridine rings is 1. The molecule has 0 radical (unpaired) electrons. The second-order valence-corrected chi connectivity index (χ2v) is 13.0. The van der Waals surface area contributed by atoms with Gasteiger partial charge in [-0.2, -0.15) is 0 Å². The van der Waals surface area contributed by atoms with Crippen molar-refractivity contribution >= 4 is 43.7 Å². The summed E-state index contributed by atoms with van der Waals surface area (Å²) in [4.78, 5) is 20.2. The van der Waals surface area contributed by atoms with E-state index >= 15 is 0 Å². The zero-order chi connectivity index (χ0) is 34.4. The van der Waals surface area contributed by atoms with Crippen molar-refractivity contribution in [2.75, 3.05) is 0 Å². The molecule has 0 aliphatic carbocycles. The summed E-state index contributed by atoms with van der Waals surface area (Å²) in [6.45, 7) is 0. The average molecular weight is 670 g/mol. The van der Waals surface area contributed by atoms with Gasteiger partial charge in [-0.05, 0) is 47.9 Å². The molecule has 0 aliphatic rings. The second-order valence-electron chi connectivity index (χ2n) is 13.0. The minimum Gasteiger partial charge on any atom is -0.455 e. The average Bonchev–Trinajstić information content (AvgIpc) is 3.77. The summed E-state index contributed by atoms with van der Waals surface area (Å²) < 4.78 is 8.87. The molecule has 0 N–H and O–H groups in total. The molecule has 246 valence electrons. The van der Waals surface area contributed by atoms with Crippen LogP contribution in [0.5, 0.6) is 0 Å². The van der Waals surface area contributed by atoms with Crippen LogP contribution in [0.4, 0.5) is 0 Å². The first kappa shape index (κ1) is 29.9. The lowest BCUT2D eigenvalue weighted by Crippen LogP contribution is -2.08. The van der Waals surface area contributed by atoms with Gasteiger partial charge in [0.05, 0.1) is 16.4 Å². The van der Waals surface area contributed by atoms with Crippen LogP contribution < -0.4 is 0 Å². The van der Waals surface area contributed by atoms with Crippen LogP contribution in [0, 0.1) is 0 Å². The Morgan fingerprint density at radius 3 is 1.81 bits per heavy atom. The number of furan rings is 1. The molecule has 10 aromatic rings. The van der Waals surface area contributed by atoms with Gasteiger partial charge in [-0.15, -0.1) is 0 Å². The van der Waals surface area contributed by atoms with E-state index in [1.807, 2.05) is 85.1 Å². The standard InChI is InChI=1S/C46H31N5O/c1-4-14-30(15-5-1)34-28-33(24-27-41-48-44(31-16-6-2-7-17-31)50-45(49-41)32-18-8-3-9-19-32)46(47-29-34)51-38-22-12-10-21-37(38)42-39(51)26-25-36-35-20-11-13-23-40(35)52-43(36)42/h1-23,25-26,28-29H,24,27H2. The van der Waals surface area contributed by atoms with Gasteiger partial charge < -0.3 is 4.42 Å². The zero-order valence-electron chi connectivity index (χ0n) is 28.1. The minimum absolute atomic E-state index is 0.597. The third kappa shape index (κ3) is 5.12. The Balaban J connectivity index is 1.15. The number of aromatic nitrogens is 5. The topological polar surface area (TPSA) is 69.6 Å². The molecule has 52 heavy (non-hydrogen) atoms. The van der Waals surface area contributed by atoms with Crippen LogP contribution in [0.1, 0.15) is 11.4 Å². The molecule has 0 atom stereocenters. The molecule has 4 heterocycles. The first-order valence-electron chi connectivity index (χ1n) is 17.5. The summed E-state index contributed by atoms with van der Waals surface area (Å²) in [5.41, 5.74) is 9.08. The predicted octanol–water partition coefficient (Wildman–Crippen LogP) is 11.0. The molecule has 0 spiro atoms. The van der Waals surface area contributed by atoms with Crippen LogP contribution in [0.25, 0.3) is 83.5 Å². The SMILES string of the molecule is c1ccc(-c2cnc(-n3c4ccccc4c4c5oc6ccccc6c5ccc43)c(CCc3nc(-c4ccccc4)nc(-c4ccccc4)n3)c2)cc1. The van der Waals surface area contributed by atoms with Crippen LogP contribution in [-0.4, -0.2) is 24.5 Å². The number of hydrogen-bond acceptors (Lipinski definition) is 5. The molecule has 0 fully saturated rings. The Bertz CT molecular complexity index is 2840. The highest BCUT2D eigenvalue weighted by Gasteiger charge is 2.21. The van der Waals surface area contributed by atoms with E-state index in [-0.39, 0.29) is 0 Å². The molecule has 4 aromatic heterocycles. The van der Waals surface area contributed by atoms with E-state index in [1.165, 1.54) is 0 Å². The number of nitrogens with zero attached hydrogens (tertiary/aromatic N) is 5. The van der Waals surface area contributed by atoms with Crippen molar-refractivity contribution in [3.05, 3.63) is 175 Å². The van der Waals surface area contributed by atoms with Gasteiger partial charge in [0.2, 0.25) is 0 Å². The number of benzene rings is 6. The summed E-state index contributed by atoms with van der Waals surface area (Å²) >= 11 is 0. The molecule has 0 saturated carbocycles. The van der Waals surface area contributed by atoms with Crippen LogP contribution in [0.15, 0.2) is 168 Å². The van der Waals surface area contributed by atoms with E-state index in [0.29, 0.717) is 24.5 Å². The fourth-order valence-electron chi connectivity index (χ4n) is 7.35. The fraction of sp³-hybridized carbons (Fsp3) is 0.0435. The molecular formula is C46H31N5O. The van der Waals surface area contributed by atoms with Crippen molar-refractivity contribution in [3.8, 4) is 39.7 Å². The Hall–Kier alpha value is -6.92. The minimum atomic E-state index is 0.597. The first-order chi connectivity index (χ1) is 25.8. The van der Waals surface area contributed by atoms with E-state index in [2.05, 4.69) is 83.4 Å². The quantitative estimate of drug-likeness (QED) is 0.169. The van der Waals surface area contributed by atoms with Crippen molar-refractivity contribution in [1.82, 2.24) is 24.5 Å². The lowest BCUT2D eigenvalue weighted by Gasteiger charge is -2.15. The van der Waals surface area contributed by atoms with E-state index < -0.39 is 0 Å². The monoisotopic (exact) mass is 669 g/mol. The molecule has 6 heteroatoms. The number of rotatable bonds is 7. The molecular weight excluding hydrogens is 639 g/mol. The zero-order valence-corrected chi connectivity index (χ0v) is 28.1. The van der Waals surface area contributed by atoms with Crippen LogP contribution >= 0.6 is 0 Å². The van der Waals surface area contributed by atoms with Crippen molar-refractivity contribution in [2.45, 2.75) is 12.8 Å². The third-order valence-electron chi connectivity index (χ3n) is 9.81. The highest BCUT2D eigenvalue weighted by atomic mass is 16.3. The van der Waals surface area contributed by atoms with E-state index in [4.69, 9.17) is 24.4 Å². The summed E-state index contributed by atoms with van der Waals surface area (Å²) in [5, 5.41) is 4.43. The molecule has 0 aliphatic heterocycles. The first-order valence-corrected chi connectivity index (χ1v) is 17.5. The summed E-state index contributed by atoms with van der Waals surface area (Å²) in [6.07, 6.45) is 3.24. The third-order valence-corrected chi connectivity index (χ3v) is 9.81. The van der Waals surface area contributed by atoms with Crippen LogP contribution in [-0.2, 0) is 12.8 Å². The lowest BCUT2D eigenvalue weighted by atomic mass is 10.0. The van der Waals surface area contributed by atoms with Gasteiger partial charge in [-0.25, -0.2) is 19.9 Å². The molecule has 6 nitrogen and oxygen atoms in total. The van der Waals surface area contributed by atoms with Gasteiger partial charge in [0.1, 0.15) is 22.8 Å². The van der Waals surface area contributed by atoms with Crippen molar-refractivity contribution in [2.24, 2.45) is 0 Å². The fourth-order valence-corrected chi connectivity index (χ4v) is 7.35. The smallest absolute Gasteiger partial charge is 0.163 e. The maximum absolute atomic E-state index is 6.57. The normalized spacial score (nSPS) is 11.6. The van der Waals surface area contributed by atoms with Crippen molar-refractivity contribution in [3.63, 3.8) is 0 Å². The number of para-hydroxylation sites is 2. The maximum Gasteiger partial charge on any atom is 0.163 e. The molecule has 0 saturated heterocycles. The van der Waals surface area contributed by atoms with E-state index in [9.17, 15) is 0 Å². The lowest BCUT2D eigenvalue weighted by molar-refractivity contribution is 0.673. The van der Waals surface area contributed by atoms with Gasteiger partial charge in [-0.3, -0.25) is 4.57 Å². The van der Waals surface area contributed by atoms with E-state index in [0.717, 1.165) is 83.2 Å². The largest absolute Gasteiger partial charge is 0.455 e. The summed E-state index contributed by atoms with van der Waals surface area (Å²) in [5.74, 6) is 2.94. The Morgan fingerprint density at radius 1 is 0.481 bits per heavy atom. The van der Waals surface area contributed by atoms with Gasteiger partial charge in [0.25, 0.3) is 0 Å². The van der Waals surface area contributed by atoms with Gasteiger partial charge in [0, 0.05) is 45.5 Å². The predicted molar refractivity (Wildman–Crippen MR) is 209 cm³/mol. The molecule has 6 aromatic carbocycles. The highest BCUT2D eigenvalue weighted by molar-refractivity contribution is 6.23. The number of hydrogen-bond donors (Lipinski definition) is 0. The molecule has 0 unspecified atom stereocenters. The van der Waals surface area contributed by atoms with Crippen LogP contribution in [0.2, 0.25) is 0 Å². The molecule has 0 bridgehead atoms. The van der Waals surface area contributed by atoms with E-state index in [1.54, 1.807) is 0 Å². The highest BCUT2D eigenvalue weighted by Crippen LogP contribution is 2.41. The maximum atomic E-state index is 6.57. The van der Waals surface area contributed by atoms with Gasteiger partial charge in [-0.1, -0.05) is 127 Å². The van der Waals surface area contributed by atoms with Crippen LogP contribution in [0.3, 0.4) is 0 Å². The Morgan fingerprint density at radius 2 is 1.10 bits per heavy atom. The summed E-state index contributed by atoms with van der Waals surface area (Å²) in [6, 6.07) is 54.1. The second kappa shape index (κ2) is 12.4. The van der Waals surface area contributed by atoms with Gasteiger partial charge in [0.15, 0.2) is 11.6 Å². The van der Waals surface area contributed by atoms with Crippen molar-refractivity contribution < 1.29 is 4.42 Å². The summed E-state index contributed by atoms with van der Waals surface area (Å²) in [7, 11) is 0. The molecule has 10 rings (SSSR count). The van der Waals surface area contributed by atoms with Crippen molar-refractivity contribution in [1.29, 1.82) is 0 Å². The molecule has 0 amide bonds. The van der Waals surface area contributed by atoms with Gasteiger partial charge >= 0.3 is 0 Å². The number of aryl methyl sites for hydroxylation is 2.